The van der Waals surface area contributed by atoms with Crippen LogP contribution in [0, 0.1) is 0 Å². The van der Waals surface area contributed by atoms with Crippen LogP contribution in [0.4, 0.5) is 0 Å². The van der Waals surface area contributed by atoms with Gasteiger partial charge in [0.05, 0.1) is 22.2 Å². The highest BCUT2D eigenvalue weighted by Gasteiger charge is 2.13. The lowest BCUT2D eigenvalue weighted by atomic mass is 10.0. The lowest BCUT2D eigenvalue weighted by Crippen LogP contribution is -1.92. The van der Waals surface area contributed by atoms with Crippen molar-refractivity contribution in [2.45, 2.75) is 0 Å². The molecule has 126 valence electrons. The van der Waals surface area contributed by atoms with Gasteiger partial charge in [-0.3, -0.25) is 9.38 Å². The van der Waals surface area contributed by atoms with Gasteiger partial charge in [0, 0.05) is 22.5 Å². The minimum Gasteiger partial charge on any atom is -0.292 e. The highest BCUT2D eigenvalue weighted by atomic mass is 15.0. The van der Waals surface area contributed by atoms with Crippen LogP contribution < -0.4 is 0 Å². The number of hydrogen-bond acceptors (Lipinski definition) is 2. The van der Waals surface area contributed by atoms with Gasteiger partial charge in [-0.05, 0) is 41.8 Å². The highest BCUT2D eigenvalue weighted by Crippen LogP contribution is 2.34. The zero-order valence-corrected chi connectivity index (χ0v) is 14.5. The van der Waals surface area contributed by atoms with Crippen LogP contribution in [0.1, 0.15) is 0 Å². The van der Waals surface area contributed by atoms with E-state index < -0.39 is 0 Å². The SMILES string of the molecule is c1ccc(-c2ccc3c(c2)c2ccccc2c2nc4ccccc4n32)nc1. The van der Waals surface area contributed by atoms with Gasteiger partial charge in [-0.2, -0.15) is 0 Å². The van der Waals surface area contributed by atoms with Gasteiger partial charge >= 0.3 is 0 Å². The van der Waals surface area contributed by atoms with E-state index in [0.717, 1.165) is 33.5 Å². The monoisotopic (exact) mass is 345 g/mol. The predicted molar refractivity (Wildman–Crippen MR) is 111 cm³/mol. The fraction of sp³-hybridized carbons (Fsp3) is 0. The molecule has 3 aromatic heterocycles. The first-order valence-electron chi connectivity index (χ1n) is 9.03. The maximum atomic E-state index is 4.92. The summed E-state index contributed by atoms with van der Waals surface area (Å²) in [5, 5.41) is 3.59. The van der Waals surface area contributed by atoms with E-state index in [1.807, 2.05) is 24.4 Å². The summed E-state index contributed by atoms with van der Waals surface area (Å²) in [7, 11) is 0. The third kappa shape index (κ3) is 2.02. The quantitative estimate of drug-likeness (QED) is 0.350. The molecular weight excluding hydrogens is 330 g/mol. The second-order valence-corrected chi connectivity index (χ2v) is 6.75. The molecule has 3 heterocycles. The largest absolute Gasteiger partial charge is 0.292 e. The van der Waals surface area contributed by atoms with Crippen LogP contribution in [-0.4, -0.2) is 14.4 Å². The summed E-state index contributed by atoms with van der Waals surface area (Å²) in [4.78, 5) is 9.44. The van der Waals surface area contributed by atoms with Crippen LogP contribution >= 0.6 is 0 Å². The molecule has 3 heteroatoms. The van der Waals surface area contributed by atoms with Gasteiger partial charge in [0.2, 0.25) is 0 Å². The molecule has 0 spiro atoms. The molecule has 0 amide bonds. The Morgan fingerprint density at radius 2 is 1.44 bits per heavy atom. The normalized spacial score (nSPS) is 11.7. The molecule has 6 aromatic rings. The van der Waals surface area contributed by atoms with E-state index >= 15 is 0 Å². The van der Waals surface area contributed by atoms with E-state index in [0.29, 0.717) is 0 Å². The predicted octanol–water partition coefficient (Wildman–Crippen LogP) is 5.86. The van der Waals surface area contributed by atoms with Crippen molar-refractivity contribution in [2.24, 2.45) is 0 Å². The molecule has 0 fully saturated rings. The average Bonchev–Trinajstić information content (AvgIpc) is 3.14. The molecule has 6 rings (SSSR count). The van der Waals surface area contributed by atoms with Crippen molar-refractivity contribution in [1.29, 1.82) is 0 Å². The number of pyridine rings is 2. The van der Waals surface area contributed by atoms with E-state index in [1.54, 1.807) is 0 Å². The van der Waals surface area contributed by atoms with Crippen molar-refractivity contribution in [2.75, 3.05) is 0 Å². The van der Waals surface area contributed by atoms with E-state index in [1.165, 1.54) is 16.2 Å². The summed E-state index contributed by atoms with van der Waals surface area (Å²) in [5.41, 5.74) is 6.43. The van der Waals surface area contributed by atoms with Gasteiger partial charge in [0.15, 0.2) is 0 Å². The highest BCUT2D eigenvalue weighted by molar-refractivity contribution is 6.14. The van der Waals surface area contributed by atoms with Crippen molar-refractivity contribution in [1.82, 2.24) is 14.4 Å². The number of benzene rings is 3. The molecule has 3 aromatic carbocycles. The molecule has 0 aliphatic heterocycles. The molecule has 3 nitrogen and oxygen atoms in total. The van der Waals surface area contributed by atoms with Gasteiger partial charge in [-0.15, -0.1) is 0 Å². The van der Waals surface area contributed by atoms with Gasteiger partial charge < -0.3 is 0 Å². The Labute approximate surface area is 155 Å². The molecule has 0 unspecified atom stereocenters. The van der Waals surface area contributed by atoms with Gasteiger partial charge in [-0.1, -0.05) is 48.5 Å². The van der Waals surface area contributed by atoms with E-state index in [2.05, 4.69) is 76.1 Å². The molecule has 0 atom stereocenters. The third-order valence-electron chi connectivity index (χ3n) is 5.22. The number of fused-ring (bicyclic) bond motifs is 8. The van der Waals surface area contributed by atoms with Gasteiger partial charge in [0.1, 0.15) is 5.65 Å². The summed E-state index contributed by atoms with van der Waals surface area (Å²) in [6.07, 6.45) is 1.84. The fourth-order valence-corrected chi connectivity index (χ4v) is 4.00. The van der Waals surface area contributed by atoms with Crippen LogP contribution in [0.2, 0.25) is 0 Å². The van der Waals surface area contributed by atoms with Crippen molar-refractivity contribution >= 4 is 38.4 Å². The Morgan fingerprint density at radius 1 is 0.630 bits per heavy atom. The zero-order chi connectivity index (χ0) is 17.8. The summed E-state index contributed by atoms with van der Waals surface area (Å²) < 4.78 is 2.27. The van der Waals surface area contributed by atoms with Crippen LogP contribution in [0.25, 0.3) is 49.6 Å². The lowest BCUT2D eigenvalue weighted by molar-refractivity contribution is 1.31. The number of hydrogen-bond donors (Lipinski definition) is 0. The maximum absolute atomic E-state index is 4.92. The fourth-order valence-electron chi connectivity index (χ4n) is 4.00. The molecule has 0 radical (unpaired) electrons. The summed E-state index contributed by atoms with van der Waals surface area (Å²) in [6, 6.07) is 29.4. The lowest BCUT2D eigenvalue weighted by Gasteiger charge is -2.10. The average molecular weight is 345 g/mol. The maximum Gasteiger partial charge on any atom is 0.146 e. The summed E-state index contributed by atoms with van der Waals surface area (Å²) >= 11 is 0. The molecule has 0 saturated carbocycles. The van der Waals surface area contributed by atoms with Crippen LogP contribution in [-0.2, 0) is 0 Å². The molecule has 0 N–H and O–H groups in total. The van der Waals surface area contributed by atoms with E-state index in [9.17, 15) is 0 Å². The Bertz CT molecular complexity index is 1460. The summed E-state index contributed by atoms with van der Waals surface area (Å²) in [5.74, 6) is 0. The first-order chi connectivity index (χ1) is 13.4. The Morgan fingerprint density at radius 3 is 2.33 bits per heavy atom. The molecular formula is C24H15N3. The minimum atomic E-state index is 0.985. The van der Waals surface area contributed by atoms with Crippen molar-refractivity contribution < 1.29 is 0 Å². The Balaban J connectivity index is 1.85. The molecule has 0 bridgehead atoms. The smallest absolute Gasteiger partial charge is 0.146 e. The molecule has 0 aliphatic carbocycles. The number of para-hydroxylation sites is 2. The Kier molecular flexibility index (Phi) is 2.88. The second kappa shape index (κ2) is 5.39. The standard InChI is InChI=1S/C24H15N3/c1-2-8-18-17(7-1)19-15-16(20-9-5-6-14-25-20)12-13-22(19)27-23-11-4-3-10-21(23)26-24(18)27/h1-15H. The van der Waals surface area contributed by atoms with Crippen LogP contribution in [0.3, 0.4) is 0 Å². The molecule has 0 saturated heterocycles. The third-order valence-corrected chi connectivity index (χ3v) is 5.22. The minimum absolute atomic E-state index is 0.985. The van der Waals surface area contributed by atoms with E-state index in [-0.39, 0.29) is 0 Å². The van der Waals surface area contributed by atoms with Crippen LogP contribution in [0.15, 0.2) is 91.1 Å². The molecule has 27 heavy (non-hydrogen) atoms. The number of rotatable bonds is 1. The van der Waals surface area contributed by atoms with Gasteiger partial charge in [0.25, 0.3) is 0 Å². The number of aromatic nitrogens is 3. The van der Waals surface area contributed by atoms with Crippen molar-refractivity contribution in [3.8, 4) is 11.3 Å². The number of nitrogens with zero attached hydrogens (tertiary/aromatic N) is 3. The molecule has 0 aliphatic rings. The number of imidazole rings is 1. The first-order valence-corrected chi connectivity index (χ1v) is 9.03. The van der Waals surface area contributed by atoms with E-state index in [4.69, 9.17) is 4.98 Å². The second-order valence-electron chi connectivity index (χ2n) is 6.75. The topological polar surface area (TPSA) is 30.2 Å². The zero-order valence-electron chi connectivity index (χ0n) is 14.5. The van der Waals surface area contributed by atoms with Crippen LogP contribution in [0.5, 0.6) is 0 Å². The van der Waals surface area contributed by atoms with Gasteiger partial charge in [-0.25, -0.2) is 4.98 Å². The van der Waals surface area contributed by atoms with Crippen molar-refractivity contribution in [3.05, 3.63) is 91.1 Å². The Hall–Kier alpha value is -3.72. The summed E-state index contributed by atoms with van der Waals surface area (Å²) in [6.45, 7) is 0. The van der Waals surface area contributed by atoms with Crippen molar-refractivity contribution in [3.63, 3.8) is 0 Å². The first kappa shape index (κ1) is 14.4.